The van der Waals surface area contributed by atoms with Crippen LogP contribution in [0.5, 0.6) is 0 Å². The van der Waals surface area contributed by atoms with E-state index in [1.54, 1.807) is 43.5 Å². The fourth-order valence-corrected chi connectivity index (χ4v) is 3.78. The van der Waals surface area contributed by atoms with E-state index in [4.69, 9.17) is 0 Å². The molecule has 1 aromatic carbocycles. The average molecular weight is 423 g/mol. The molecule has 2 N–H and O–H groups in total. The molecule has 4 rings (SSSR count). The van der Waals surface area contributed by atoms with Crippen LogP contribution in [0.1, 0.15) is 25.3 Å². The molecule has 2 aromatic heterocycles. The fourth-order valence-electron chi connectivity index (χ4n) is 2.86. The molecule has 154 valence electrons. The Morgan fingerprint density at radius 3 is 2.67 bits per heavy atom. The molecule has 1 unspecified atom stereocenters. The predicted molar refractivity (Wildman–Crippen MR) is 115 cm³/mol. The van der Waals surface area contributed by atoms with E-state index in [2.05, 4.69) is 20.6 Å². The molecule has 1 aliphatic rings. The van der Waals surface area contributed by atoms with Gasteiger partial charge in [-0.1, -0.05) is 30.0 Å². The highest BCUT2D eigenvalue weighted by Gasteiger charge is 2.26. The predicted octanol–water partition coefficient (Wildman–Crippen LogP) is 2.56. The first-order valence-corrected chi connectivity index (χ1v) is 10.5. The normalized spacial score (nSPS) is 14.3. The van der Waals surface area contributed by atoms with Crippen molar-refractivity contribution in [3.8, 4) is 5.82 Å². The van der Waals surface area contributed by atoms with Gasteiger partial charge in [0.25, 0.3) is 5.56 Å². The van der Waals surface area contributed by atoms with Crippen molar-refractivity contribution in [2.45, 2.75) is 43.1 Å². The van der Waals surface area contributed by atoms with E-state index in [1.807, 2.05) is 13.0 Å². The van der Waals surface area contributed by atoms with Gasteiger partial charge in [0, 0.05) is 12.2 Å². The molecule has 30 heavy (non-hydrogen) atoms. The topological polar surface area (TPSA) is 106 Å². The number of pyridine rings is 1. The standard InChI is InChI=1S/C21H21N5O3S/c1-12-7-10-17(22-11-12)26-19(28)15-5-3-4-6-16(15)24-21(26)30-13(2)18(27)25-20(29)23-14-8-9-14/h3-7,10-11,13-14H,8-9H2,1-2H3,(H2,23,25,27,29). The number of carbonyl (C=O) groups is 2. The molecule has 0 saturated heterocycles. The number of aryl methyl sites for hydroxylation is 1. The summed E-state index contributed by atoms with van der Waals surface area (Å²) in [4.78, 5) is 46.5. The molecule has 2 heterocycles. The van der Waals surface area contributed by atoms with E-state index < -0.39 is 17.2 Å². The number of para-hydroxylation sites is 1. The van der Waals surface area contributed by atoms with Crippen molar-refractivity contribution in [1.29, 1.82) is 0 Å². The van der Waals surface area contributed by atoms with Crippen LogP contribution in [-0.4, -0.2) is 37.8 Å². The summed E-state index contributed by atoms with van der Waals surface area (Å²) in [7, 11) is 0. The van der Waals surface area contributed by atoms with Crippen molar-refractivity contribution in [2.75, 3.05) is 0 Å². The van der Waals surface area contributed by atoms with Crippen LogP contribution >= 0.6 is 11.8 Å². The molecule has 3 amide bonds. The maximum atomic E-state index is 13.2. The minimum absolute atomic E-state index is 0.153. The van der Waals surface area contributed by atoms with Crippen LogP contribution in [0.3, 0.4) is 0 Å². The van der Waals surface area contributed by atoms with Gasteiger partial charge < -0.3 is 5.32 Å². The zero-order chi connectivity index (χ0) is 21.3. The number of nitrogens with one attached hydrogen (secondary N) is 2. The Hall–Kier alpha value is -3.20. The maximum Gasteiger partial charge on any atom is 0.321 e. The number of benzene rings is 1. The number of rotatable bonds is 5. The second kappa shape index (κ2) is 8.27. The van der Waals surface area contributed by atoms with Gasteiger partial charge in [0.2, 0.25) is 5.91 Å². The molecule has 0 radical (unpaired) electrons. The van der Waals surface area contributed by atoms with Crippen LogP contribution in [0.4, 0.5) is 4.79 Å². The van der Waals surface area contributed by atoms with Gasteiger partial charge in [0.05, 0.1) is 16.2 Å². The summed E-state index contributed by atoms with van der Waals surface area (Å²) in [5, 5.41) is 5.21. The largest absolute Gasteiger partial charge is 0.335 e. The highest BCUT2D eigenvalue weighted by molar-refractivity contribution is 8.00. The van der Waals surface area contributed by atoms with Crippen LogP contribution < -0.4 is 16.2 Å². The van der Waals surface area contributed by atoms with Crippen molar-refractivity contribution in [3.05, 3.63) is 58.5 Å². The van der Waals surface area contributed by atoms with Gasteiger partial charge in [-0.05, 0) is 50.5 Å². The molecule has 0 aliphatic heterocycles. The Labute approximate surface area is 177 Å². The van der Waals surface area contributed by atoms with E-state index in [1.165, 1.54) is 4.57 Å². The minimum atomic E-state index is -0.653. The average Bonchev–Trinajstić information content (AvgIpc) is 3.53. The zero-order valence-corrected chi connectivity index (χ0v) is 17.4. The molecule has 1 aliphatic carbocycles. The van der Waals surface area contributed by atoms with E-state index in [9.17, 15) is 14.4 Å². The number of aromatic nitrogens is 3. The highest BCUT2D eigenvalue weighted by Crippen LogP contribution is 2.25. The van der Waals surface area contributed by atoms with Crippen molar-refractivity contribution >= 4 is 34.6 Å². The monoisotopic (exact) mass is 423 g/mol. The number of fused-ring (bicyclic) bond motifs is 1. The number of carbonyl (C=O) groups excluding carboxylic acids is 2. The van der Waals surface area contributed by atoms with Crippen molar-refractivity contribution < 1.29 is 9.59 Å². The second-order valence-electron chi connectivity index (χ2n) is 7.24. The number of imide groups is 1. The van der Waals surface area contributed by atoms with Gasteiger partial charge in [0.1, 0.15) is 5.82 Å². The van der Waals surface area contributed by atoms with Crippen LogP contribution in [0.25, 0.3) is 16.7 Å². The number of thioether (sulfide) groups is 1. The van der Waals surface area contributed by atoms with Crippen LogP contribution in [0.2, 0.25) is 0 Å². The number of nitrogens with zero attached hydrogens (tertiary/aromatic N) is 3. The Morgan fingerprint density at radius 1 is 1.20 bits per heavy atom. The molecule has 1 saturated carbocycles. The molecule has 1 atom stereocenters. The molecular weight excluding hydrogens is 402 g/mol. The molecule has 0 bridgehead atoms. The van der Waals surface area contributed by atoms with E-state index in [0.717, 1.165) is 30.2 Å². The molecule has 8 nitrogen and oxygen atoms in total. The minimum Gasteiger partial charge on any atom is -0.335 e. The lowest BCUT2D eigenvalue weighted by Gasteiger charge is -2.16. The second-order valence-corrected chi connectivity index (χ2v) is 8.55. The fraction of sp³-hybridized carbons (Fsp3) is 0.286. The molecular formula is C21H21N5O3S. The maximum absolute atomic E-state index is 13.2. The molecule has 3 aromatic rings. The van der Waals surface area contributed by atoms with Crippen molar-refractivity contribution in [3.63, 3.8) is 0 Å². The van der Waals surface area contributed by atoms with Crippen molar-refractivity contribution in [1.82, 2.24) is 25.2 Å². The van der Waals surface area contributed by atoms with E-state index >= 15 is 0 Å². The van der Waals surface area contributed by atoms with Gasteiger partial charge in [-0.3, -0.25) is 14.9 Å². The summed E-state index contributed by atoms with van der Waals surface area (Å²) >= 11 is 1.10. The van der Waals surface area contributed by atoms with Gasteiger partial charge in [-0.2, -0.15) is 0 Å². The molecule has 9 heteroatoms. The lowest BCUT2D eigenvalue weighted by molar-refractivity contribution is -0.119. The first kappa shape index (κ1) is 20.1. The SMILES string of the molecule is Cc1ccc(-n2c(SC(C)C(=O)NC(=O)NC3CC3)nc3ccccc3c2=O)nc1. The molecule has 0 spiro atoms. The smallest absolute Gasteiger partial charge is 0.321 e. The lowest BCUT2D eigenvalue weighted by atomic mass is 10.2. The third-order valence-electron chi connectivity index (χ3n) is 4.67. The van der Waals surface area contributed by atoms with Gasteiger partial charge in [-0.15, -0.1) is 0 Å². The number of hydrogen-bond donors (Lipinski definition) is 2. The first-order chi connectivity index (χ1) is 14.4. The highest BCUT2D eigenvalue weighted by atomic mass is 32.2. The Morgan fingerprint density at radius 2 is 1.97 bits per heavy atom. The summed E-state index contributed by atoms with van der Waals surface area (Å²) < 4.78 is 1.40. The third-order valence-corrected chi connectivity index (χ3v) is 5.72. The number of urea groups is 1. The van der Waals surface area contributed by atoms with Crippen LogP contribution in [0.15, 0.2) is 52.5 Å². The van der Waals surface area contributed by atoms with E-state index in [0.29, 0.717) is 21.9 Å². The summed E-state index contributed by atoms with van der Waals surface area (Å²) in [6.45, 7) is 3.58. The quantitative estimate of drug-likeness (QED) is 0.483. The summed E-state index contributed by atoms with van der Waals surface area (Å²) in [6, 6.07) is 10.3. The first-order valence-electron chi connectivity index (χ1n) is 9.65. The van der Waals surface area contributed by atoms with Crippen LogP contribution in [0, 0.1) is 6.92 Å². The Balaban J connectivity index is 1.67. The Kier molecular flexibility index (Phi) is 5.54. The number of hydrogen-bond acceptors (Lipinski definition) is 6. The van der Waals surface area contributed by atoms with E-state index in [-0.39, 0.29) is 11.6 Å². The molecule has 1 fully saturated rings. The van der Waals surface area contributed by atoms with Gasteiger partial charge in [0.15, 0.2) is 5.16 Å². The summed E-state index contributed by atoms with van der Waals surface area (Å²) in [5.74, 6) is -0.0330. The van der Waals surface area contributed by atoms with Gasteiger partial charge in [-0.25, -0.2) is 19.3 Å². The third kappa shape index (κ3) is 4.35. The van der Waals surface area contributed by atoms with Gasteiger partial charge >= 0.3 is 6.03 Å². The van der Waals surface area contributed by atoms with Crippen molar-refractivity contribution in [2.24, 2.45) is 0 Å². The lowest BCUT2D eigenvalue weighted by Crippen LogP contribution is -2.43. The number of amides is 3. The van der Waals surface area contributed by atoms with Crippen LogP contribution in [-0.2, 0) is 4.79 Å². The Bertz CT molecular complexity index is 1170. The summed E-state index contributed by atoms with van der Waals surface area (Å²) in [5.41, 5.74) is 1.23. The zero-order valence-electron chi connectivity index (χ0n) is 16.6. The summed E-state index contributed by atoms with van der Waals surface area (Å²) in [6.07, 6.45) is 3.54.